The first-order valence-electron chi connectivity index (χ1n) is 17.6. The van der Waals surface area contributed by atoms with Crippen molar-refractivity contribution in [1.29, 1.82) is 0 Å². The highest BCUT2D eigenvalue weighted by atomic mass is 127. The maximum atomic E-state index is 15.1. The molecular formula is C41H34ClIN4O6S. The van der Waals surface area contributed by atoms with E-state index in [1.165, 1.54) is 23.0 Å². The molecule has 5 aromatic rings. The molecule has 4 amide bonds. The van der Waals surface area contributed by atoms with Crippen LogP contribution in [-0.4, -0.2) is 45.6 Å². The van der Waals surface area contributed by atoms with E-state index in [-0.39, 0.29) is 24.0 Å². The highest BCUT2D eigenvalue weighted by Gasteiger charge is 2.68. The fourth-order valence-electron chi connectivity index (χ4n) is 9.53. The molecule has 4 aliphatic rings. The number of aryl methyl sites for hydroxylation is 2. The number of aromatic nitrogens is 2. The Morgan fingerprint density at radius 2 is 1.72 bits per heavy atom. The minimum atomic E-state index is -1.35. The van der Waals surface area contributed by atoms with E-state index in [0.29, 0.717) is 40.0 Å². The summed E-state index contributed by atoms with van der Waals surface area (Å²) in [5.41, 5.74) is 1.97. The van der Waals surface area contributed by atoms with Crippen LogP contribution in [0.2, 0.25) is 5.02 Å². The van der Waals surface area contributed by atoms with E-state index in [9.17, 15) is 19.5 Å². The molecule has 3 fully saturated rings. The lowest BCUT2D eigenvalue weighted by atomic mass is 9.51. The lowest BCUT2D eigenvalue weighted by Gasteiger charge is -2.49. The van der Waals surface area contributed by atoms with Crippen LogP contribution in [0.1, 0.15) is 36.8 Å². The molecule has 10 nitrogen and oxygen atoms in total. The van der Waals surface area contributed by atoms with Gasteiger partial charge in [0.05, 0.1) is 40.8 Å². The van der Waals surface area contributed by atoms with Crippen molar-refractivity contribution in [1.82, 2.24) is 9.78 Å². The maximum absolute atomic E-state index is 15.1. The van der Waals surface area contributed by atoms with Crippen LogP contribution in [0.5, 0.6) is 11.5 Å². The van der Waals surface area contributed by atoms with Gasteiger partial charge in [0, 0.05) is 37.9 Å². The number of phenolic OH excluding ortho intramolecular Hbond substituents is 1. The standard InChI is InChI=1S/C41H34ClIN4O6S/c1-19-26-15-20(42)5-14-32(26)54-36(19)30-18-33(45(3)44-30)47-38(50)29-17-27-24(35(41(29,2)40(47)52)28-16-23(53-4)10-13-31(28)48)11-12-25-34(27)39(51)46(37(25)49)22-8-6-21(43)7-9-22/h5-11,13-16,18,25,27,29,34-35,48H,12,17H2,1-4H3/t25-,27+,29-,34-,35+,41+/m0/s1. The van der Waals surface area contributed by atoms with Crippen LogP contribution in [0.4, 0.5) is 11.5 Å². The van der Waals surface area contributed by atoms with E-state index in [2.05, 4.69) is 22.6 Å². The number of carbonyl (C=O) groups excluding carboxylic acids is 4. The number of hydrogen-bond donors (Lipinski definition) is 1. The van der Waals surface area contributed by atoms with Crippen molar-refractivity contribution in [2.24, 2.45) is 36.1 Å². The number of phenols is 1. The van der Waals surface area contributed by atoms with Gasteiger partial charge in [0.15, 0.2) is 0 Å². The molecule has 13 heteroatoms. The van der Waals surface area contributed by atoms with Gasteiger partial charge >= 0.3 is 0 Å². The third-order valence-corrected chi connectivity index (χ3v) is 14.4. The summed E-state index contributed by atoms with van der Waals surface area (Å²) >= 11 is 10.1. The maximum Gasteiger partial charge on any atom is 0.242 e. The van der Waals surface area contributed by atoms with Gasteiger partial charge in [0.1, 0.15) is 23.0 Å². The topological polar surface area (TPSA) is 122 Å². The Morgan fingerprint density at radius 1 is 0.963 bits per heavy atom. The predicted molar refractivity (Wildman–Crippen MR) is 215 cm³/mol. The van der Waals surface area contributed by atoms with Gasteiger partial charge in [-0.05, 0) is 127 Å². The molecule has 2 aromatic heterocycles. The zero-order chi connectivity index (χ0) is 38.0. The fourth-order valence-corrected chi connectivity index (χ4v) is 11.2. The van der Waals surface area contributed by atoms with Crippen molar-refractivity contribution in [2.75, 3.05) is 16.9 Å². The van der Waals surface area contributed by atoms with Gasteiger partial charge in [-0.15, -0.1) is 11.3 Å². The van der Waals surface area contributed by atoms with E-state index in [1.807, 2.05) is 43.3 Å². The molecule has 0 radical (unpaired) electrons. The number of benzene rings is 3. The average molecular weight is 873 g/mol. The van der Waals surface area contributed by atoms with Gasteiger partial charge in [0.25, 0.3) is 0 Å². The van der Waals surface area contributed by atoms with E-state index in [4.69, 9.17) is 21.4 Å². The SMILES string of the molecule is COc1ccc(O)c([C@H]2C3=CC[C@@H]4C(=O)N(c5ccc(I)cc5)C(=O)[C@@H]4[C@@H]3C[C@H]3C(=O)N(c4cc(-c5sc6ccc(Cl)cc6c5C)nn4C)C(=O)[C@@]23C)c1. The number of nitrogens with zero attached hydrogens (tertiary/aromatic N) is 4. The zero-order valence-electron chi connectivity index (χ0n) is 29.7. The van der Waals surface area contributed by atoms with Crippen molar-refractivity contribution < 1.29 is 29.0 Å². The normalized spacial score (nSPS) is 26.3. The Labute approximate surface area is 333 Å². The van der Waals surface area contributed by atoms with Gasteiger partial charge in [-0.25, -0.2) is 4.90 Å². The summed E-state index contributed by atoms with van der Waals surface area (Å²) in [6.07, 6.45) is 2.45. The van der Waals surface area contributed by atoms with Gasteiger partial charge in [0.2, 0.25) is 23.6 Å². The number of aromatic hydroxyl groups is 1. The second-order valence-electron chi connectivity index (χ2n) is 14.8. The van der Waals surface area contributed by atoms with E-state index in [1.54, 1.807) is 60.3 Å². The van der Waals surface area contributed by atoms with E-state index >= 15 is 4.79 Å². The number of anilines is 2. The first kappa shape index (κ1) is 35.2. The van der Waals surface area contributed by atoms with Crippen molar-refractivity contribution >= 4 is 90.7 Å². The van der Waals surface area contributed by atoms with Crippen LogP contribution >= 0.6 is 45.5 Å². The Kier molecular flexibility index (Phi) is 8.15. The van der Waals surface area contributed by atoms with Crippen LogP contribution in [0.15, 0.2) is 78.4 Å². The highest BCUT2D eigenvalue weighted by molar-refractivity contribution is 14.1. The first-order valence-corrected chi connectivity index (χ1v) is 19.9. The zero-order valence-corrected chi connectivity index (χ0v) is 33.4. The number of hydrogen-bond acceptors (Lipinski definition) is 8. The van der Waals surface area contributed by atoms with Gasteiger partial charge in [-0.1, -0.05) is 23.3 Å². The van der Waals surface area contributed by atoms with Crippen LogP contribution in [-0.2, 0) is 26.2 Å². The molecule has 6 atom stereocenters. The summed E-state index contributed by atoms with van der Waals surface area (Å²) in [6, 6.07) is 19.6. The highest BCUT2D eigenvalue weighted by Crippen LogP contribution is 2.64. The van der Waals surface area contributed by atoms with E-state index in [0.717, 1.165) is 29.7 Å². The van der Waals surface area contributed by atoms with Gasteiger partial charge < -0.3 is 9.84 Å². The van der Waals surface area contributed by atoms with Crippen molar-refractivity contribution in [2.45, 2.75) is 32.6 Å². The smallest absolute Gasteiger partial charge is 0.242 e. The minimum absolute atomic E-state index is 0.0550. The third-order valence-electron chi connectivity index (χ3n) is 12.1. The Bertz CT molecular complexity index is 2510. The molecule has 4 heterocycles. The molecule has 0 spiro atoms. The number of fused-ring (bicyclic) bond motifs is 5. The summed E-state index contributed by atoms with van der Waals surface area (Å²) in [5.74, 6) is -4.22. The van der Waals surface area contributed by atoms with Crippen molar-refractivity contribution in [3.05, 3.63) is 98.1 Å². The average Bonchev–Trinajstić information content (AvgIpc) is 3.82. The van der Waals surface area contributed by atoms with Gasteiger partial charge in [-0.3, -0.25) is 28.8 Å². The number of allylic oxidation sites excluding steroid dienone is 2. The molecule has 1 N–H and O–H groups in total. The molecule has 2 saturated heterocycles. The van der Waals surface area contributed by atoms with E-state index < -0.39 is 46.8 Å². The predicted octanol–water partition coefficient (Wildman–Crippen LogP) is 8.02. The van der Waals surface area contributed by atoms with Crippen LogP contribution in [0.3, 0.4) is 0 Å². The van der Waals surface area contributed by atoms with Crippen molar-refractivity contribution in [3.63, 3.8) is 0 Å². The van der Waals surface area contributed by atoms with Gasteiger partial charge in [-0.2, -0.15) is 5.10 Å². The molecule has 274 valence electrons. The molecule has 0 bridgehead atoms. The number of methoxy groups -OCH3 is 1. The third kappa shape index (κ3) is 4.91. The summed E-state index contributed by atoms with van der Waals surface area (Å²) in [4.78, 5) is 61.8. The lowest BCUT2D eigenvalue weighted by molar-refractivity contribution is -0.131. The molecule has 2 aliphatic carbocycles. The number of rotatable bonds is 5. The number of imide groups is 2. The second-order valence-corrected chi connectivity index (χ2v) is 17.5. The number of thiophene rings is 1. The summed E-state index contributed by atoms with van der Waals surface area (Å²) < 4.78 is 9.15. The Balaban J connectivity index is 1.16. The quantitative estimate of drug-likeness (QED) is 0.108. The fraction of sp³-hybridized carbons (Fsp3) is 0.293. The van der Waals surface area contributed by atoms with Crippen LogP contribution in [0.25, 0.3) is 20.7 Å². The molecular weight excluding hydrogens is 839 g/mol. The summed E-state index contributed by atoms with van der Waals surface area (Å²) in [5, 5.41) is 17.9. The second kappa shape index (κ2) is 12.5. The molecule has 9 rings (SSSR count). The number of halogens is 2. The summed E-state index contributed by atoms with van der Waals surface area (Å²) in [6.45, 7) is 3.80. The first-order chi connectivity index (χ1) is 25.8. The molecule has 1 saturated carbocycles. The monoisotopic (exact) mass is 872 g/mol. The molecule has 0 unspecified atom stereocenters. The largest absolute Gasteiger partial charge is 0.508 e. The lowest BCUT2D eigenvalue weighted by Crippen LogP contribution is -2.49. The van der Waals surface area contributed by atoms with Crippen LogP contribution in [0, 0.1) is 39.6 Å². The number of carbonyl (C=O) groups is 4. The van der Waals surface area contributed by atoms with Crippen molar-refractivity contribution in [3.8, 4) is 22.1 Å². The molecule has 3 aromatic carbocycles. The summed E-state index contributed by atoms with van der Waals surface area (Å²) in [7, 11) is 3.24. The van der Waals surface area contributed by atoms with Crippen LogP contribution < -0.4 is 14.5 Å². The Morgan fingerprint density at radius 3 is 2.46 bits per heavy atom. The molecule has 54 heavy (non-hydrogen) atoms. The number of ether oxygens (including phenoxy) is 1. The Hall–Kier alpha value is -4.53. The molecule has 2 aliphatic heterocycles. The number of amides is 4. The minimum Gasteiger partial charge on any atom is -0.508 e.